The van der Waals surface area contributed by atoms with Crippen LogP contribution in [0.4, 0.5) is 13.2 Å². The lowest BCUT2D eigenvalue weighted by atomic mass is 10.1. The molecule has 1 rings (SSSR count). The fraction of sp³-hybridized carbons (Fsp3) is 0.545. The molecular formula is C11H15F3N2O. The van der Waals surface area contributed by atoms with Crippen molar-refractivity contribution in [1.29, 1.82) is 0 Å². The van der Waals surface area contributed by atoms with Crippen molar-refractivity contribution in [3.8, 4) is 5.75 Å². The summed E-state index contributed by atoms with van der Waals surface area (Å²) >= 11 is 0. The van der Waals surface area contributed by atoms with E-state index in [-0.39, 0.29) is 6.04 Å². The van der Waals surface area contributed by atoms with Crippen LogP contribution in [0.25, 0.3) is 0 Å². The Kier molecular flexibility index (Phi) is 4.74. The summed E-state index contributed by atoms with van der Waals surface area (Å²) in [6.07, 6.45) is -3.02. The van der Waals surface area contributed by atoms with E-state index in [2.05, 4.69) is 4.98 Å². The zero-order valence-electron chi connectivity index (χ0n) is 9.50. The van der Waals surface area contributed by atoms with Crippen LogP contribution in [0, 0.1) is 0 Å². The summed E-state index contributed by atoms with van der Waals surface area (Å²) in [4.78, 5) is 4.03. The van der Waals surface area contributed by atoms with Gasteiger partial charge in [0, 0.05) is 6.04 Å². The number of rotatable bonds is 5. The first-order chi connectivity index (χ1) is 7.92. The molecule has 17 heavy (non-hydrogen) atoms. The monoisotopic (exact) mass is 248 g/mol. The minimum Gasteiger partial charge on any atom is -0.492 e. The van der Waals surface area contributed by atoms with Crippen LogP contribution < -0.4 is 10.5 Å². The molecule has 0 aromatic carbocycles. The number of pyridine rings is 1. The molecule has 96 valence electrons. The summed E-state index contributed by atoms with van der Waals surface area (Å²) in [6.45, 7) is 1.53. The van der Waals surface area contributed by atoms with Gasteiger partial charge in [0.15, 0.2) is 0 Å². The van der Waals surface area contributed by atoms with Crippen molar-refractivity contribution in [2.45, 2.75) is 32.0 Å². The topological polar surface area (TPSA) is 48.1 Å². The molecular weight excluding hydrogens is 233 g/mol. The number of hydrogen-bond acceptors (Lipinski definition) is 3. The Morgan fingerprint density at radius 2 is 2.12 bits per heavy atom. The van der Waals surface area contributed by atoms with Gasteiger partial charge in [-0.05, 0) is 18.6 Å². The molecule has 0 amide bonds. The van der Waals surface area contributed by atoms with E-state index in [1.807, 2.05) is 6.92 Å². The lowest BCUT2D eigenvalue weighted by Gasteiger charge is -2.10. The smallest absolute Gasteiger partial charge is 0.392 e. The molecule has 0 saturated heterocycles. The van der Waals surface area contributed by atoms with Gasteiger partial charge in [0.05, 0.1) is 24.9 Å². The van der Waals surface area contributed by atoms with E-state index in [4.69, 9.17) is 10.5 Å². The van der Waals surface area contributed by atoms with Gasteiger partial charge < -0.3 is 10.5 Å². The van der Waals surface area contributed by atoms with E-state index in [1.165, 1.54) is 6.20 Å². The molecule has 0 bridgehead atoms. The minimum absolute atomic E-state index is 0.153. The molecule has 0 aliphatic carbocycles. The summed E-state index contributed by atoms with van der Waals surface area (Å²) in [6, 6.07) is 3.09. The first-order valence-electron chi connectivity index (χ1n) is 5.33. The maximum Gasteiger partial charge on any atom is 0.392 e. The van der Waals surface area contributed by atoms with Crippen LogP contribution in [0.1, 0.15) is 31.5 Å². The molecule has 0 unspecified atom stereocenters. The van der Waals surface area contributed by atoms with Gasteiger partial charge >= 0.3 is 6.18 Å². The predicted octanol–water partition coefficient (Wildman–Crippen LogP) is 2.82. The zero-order valence-corrected chi connectivity index (χ0v) is 9.50. The number of ether oxygens (including phenoxy) is 1. The maximum absolute atomic E-state index is 11.9. The van der Waals surface area contributed by atoms with Crippen molar-refractivity contribution in [3.05, 3.63) is 24.0 Å². The third-order valence-corrected chi connectivity index (χ3v) is 2.23. The van der Waals surface area contributed by atoms with Crippen LogP contribution in [-0.2, 0) is 0 Å². The second-order valence-corrected chi connectivity index (χ2v) is 3.65. The summed E-state index contributed by atoms with van der Waals surface area (Å²) in [5.74, 6) is 0.321. The maximum atomic E-state index is 11.9. The molecule has 2 N–H and O–H groups in total. The van der Waals surface area contributed by atoms with Crippen molar-refractivity contribution in [2.75, 3.05) is 6.61 Å². The normalized spacial score (nSPS) is 13.5. The highest BCUT2D eigenvalue weighted by molar-refractivity contribution is 5.21. The van der Waals surface area contributed by atoms with Crippen molar-refractivity contribution in [2.24, 2.45) is 5.73 Å². The van der Waals surface area contributed by atoms with Gasteiger partial charge in [0.25, 0.3) is 0 Å². The Morgan fingerprint density at radius 1 is 1.41 bits per heavy atom. The van der Waals surface area contributed by atoms with Crippen molar-refractivity contribution in [1.82, 2.24) is 4.98 Å². The second kappa shape index (κ2) is 5.86. The Hall–Kier alpha value is -1.30. The van der Waals surface area contributed by atoms with Gasteiger partial charge in [-0.1, -0.05) is 6.92 Å². The Bertz CT molecular complexity index is 338. The fourth-order valence-corrected chi connectivity index (χ4v) is 1.19. The summed E-state index contributed by atoms with van der Waals surface area (Å²) in [7, 11) is 0. The Balaban J connectivity index is 2.46. The standard InChI is InChI=1S/C11H15F3N2O/c1-2-9(15)10-4-3-8(7-16-10)17-6-5-11(12,13)14/h3-4,7,9H,2,5-6,15H2,1H3/t9-/m1/s1. The average molecular weight is 248 g/mol. The predicted molar refractivity (Wildman–Crippen MR) is 57.6 cm³/mol. The van der Waals surface area contributed by atoms with Crippen molar-refractivity contribution >= 4 is 0 Å². The minimum atomic E-state index is -4.20. The average Bonchev–Trinajstić information content (AvgIpc) is 2.27. The number of alkyl halides is 3. The molecule has 0 fully saturated rings. The van der Waals surface area contributed by atoms with Crippen LogP contribution >= 0.6 is 0 Å². The van der Waals surface area contributed by atoms with Gasteiger partial charge in [0.2, 0.25) is 0 Å². The third kappa shape index (κ3) is 5.04. The number of aromatic nitrogens is 1. The van der Waals surface area contributed by atoms with Crippen LogP contribution in [0.15, 0.2) is 18.3 Å². The van der Waals surface area contributed by atoms with E-state index in [1.54, 1.807) is 12.1 Å². The van der Waals surface area contributed by atoms with Crippen LogP contribution in [0.2, 0.25) is 0 Å². The molecule has 1 aromatic heterocycles. The quantitative estimate of drug-likeness (QED) is 0.871. The molecule has 1 aromatic rings. The zero-order chi connectivity index (χ0) is 12.9. The third-order valence-electron chi connectivity index (χ3n) is 2.23. The lowest BCUT2D eigenvalue weighted by Crippen LogP contribution is -2.13. The lowest BCUT2D eigenvalue weighted by molar-refractivity contribution is -0.139. The van der Waals surface area contributed by atoms with Gasteiger partial charge in [0.1, 0.15) is 5.75 Å². The second-order valence-electron chi connectivity index (χ2n) is 3.65. The number of nitrogens with two attached hydrogens (primary N) is 1. The van der Waals surface area contributed by atoms with Crippen LogP contribution in [0.3, 0.4) is 0 Å². The molecule has 0 spiro atoms. The largest absolute Gasteiger partial charge is 0.492 e. The molecule has 0 saturated carbocycles. The van der Waals surface area contributed by atoms with Crippen molar-refractivity contribution < 1.29 is 17.9 Å². The van der Waals surface area contributed by atoms with Crippen LogP contribution in [0.5, 0.6) is 5.75 Å². The highest BCUT2D eigenvalue weighted by Crippen LogP contribution is 2.20. The summed E-state index contributed by atoms with van der Waals surface area (Å²) in [5.41, 5.74) is 6.45. The number of nitrogens with zero attached hydrogens (tertiary/aromatic N) is 1. The highest BCUT2D eigenvalue weighted by atomic mass is 19.4. The molecule has 1 heterocycles. The molecule has 1 atom stereocenters. The summed E-state index contributed by atoms with van der Waals surface area (Å²) in [5, 5.41) is 0. The fourth-order valence-electron chi connectivity index (χ4n) is 1.19. The number of halogens is 3. The number of hydrogen-bond donors (Lipinski definition) is 1. The van der Waals surface area contributed by atoms with Gasteiger partial charge in [-0.3, -0.25) is 4.98 Å². The highest BCUT2D eigenvalue weighted by Gasteiger charge is 2.26. The molecule has 0 aliphatic heterocycles. The van der Waals surface area contributed by atoms with E-state index >= 15 is 0 Å². The van der Waals surface area contributed by atoms with E-state index in [9.17, 15) is 13.2 Å². The molecule has 0 aliphatic rings. The van der Waals surface area contributed by atoms with Crippen molar-refractivity contribution in [3.63, 3.8) is 0 Å². The first kappa shape index (κ1) is 13.8. The SMILES string of the molecule is CC[C@@H](N)c1ccc(OCCC(F)(F)F)cn1. The first-order valence-corrected chi connectivity index (χ1v) is 5.33. The van der Waals surface area contributed by atoms with Gasteiger partial charge in [-0.2, -0.15) is 13.2 Å². The Labute approximate surface area is 97.8 Å². The Morgan fingerprint density at radius 3 is 2.59 bits per heavy atom. The van der Waals surface area contributed by atoms with E-state index in [0.717, 1.165) is 6.42 Å². The van der Waals surface area contributed by atoms with Gasteiger partial charge in [-0.25, -0.2) is 0 Å². The van der Waals surface area contributed by atoms with Crippen LogP contribution in [-0.4, -0.2) is 17.8 Å². The molecule has 6 heteroatoms. The van der Waals surface area contributed by atoms with E-state index < -0.39 is 19.2 Å². The van der Waals surface area contributed by atoms with Gasteiger partial charge in [-0.15, -0.1) is 0 Å². The molecule has 3 nitrogen and oxygen atoms in total. The summed E-state index contributed by atoms with van der Waals surface area (Å²) < 4.78 is 40.5. The van der Waals surface area contributed by atoms with E-state index in [0.29, 0.717) is 11.4 Å². The molecule has 0 radical (unpaired) electrons.